The number of pyridine rings is 1. The number of likely N-dealkylation sites (tertiary alicyclic amines) is 1. The van der Waals surface area contributed by atoms with E-state index in [9.17, 15) is 14.7 Å². The van der Waals surface area contributed by atoms with Crippen LogP contribution in [0.4, 0.5) is 4.79 Å². The molecular weight excluding hydrogens is 456 g/mol. The van der Waals surface area contributed by atoms with Crippen LogP contribution < -0.4 is 0 Å². The summed E-state index contributed by atoms with van der Waals surface area (Å²) in [6.07, 6.45) is 2.60. The molecule has 0 radical (unpaired) electrons. The number of nitrogens with zero attached hydrogens (tertiary/aromatic N) is 2. The molecule has 2 aromatic rings. The van der Waals surface area contributed by atoms with Gasteiger partial charge >= 0.3 is 12.1 Å². The third kappa shape index (κ3) is 5.72. The number of ether oxygens (including phenoxy) is 2. The summed E-state index contributed by atoms with van der Waals surface area (Å²) in [6.45, 7) is 17.6. The van der Waals surface area contributed by atoms with Crippen LogP contribution in [0.25, 0.3) is 0 Å². The summed E-state index contributed by atoms with van der Waals surface area (Å²) < 4.78 is 11.1. The maximum absolute atomic E-state index is 12.8. The minimum absolute atomic E-state index is 0.256. The van der Waals surface area contributed by atoms with E-state index in [1.54, 1.807) is 37.9 Å². The monoisotopic (exact) mass is 496 g/mol. The fraction of sp³-hybridized carbons (Fsp3) is 0.552. The van der Waals surface area contributed by atoms with E-state index in [-0.39, 0.29) is 18.7 Å². The largest absolute Gasteiger partial charge is 0.456 e. The van der Waals surface area contributed by atoms with Crippen molar-refractivity contribution in [3.63, 3.8) is 0 Å². The number of hydrogen-bond donors (Lipinski definition) is 1. The summed E-state index contributed by atoms with van der Waals surface area (Å²) in [5.41, 5.74) is -1.01. The van der Waals surface area contributed by atoms with Crippen LogP contribution in [0, 0.1) is 5.41 Å². The molecule has 0 saturated carbocycles. The molecule has 3 rings (SSSR count). The Morgan fingerprint density at radius 2 is 1.50 bits per heavy atom. The number of aromatic nitrogens is 1. The fourth-order valence-electron chi connectivity index (χ4n) is 4.54. The lowest BCUT2D eigenvalue weighted by molar-refractivity contribution is -0.131. The zero-order valence-corrected chi connectivity index (χ0v) is 23.0. The number of aliphatic hydroxyl groups is 1. The Bertz CT molecular complexity index is 1110. The van der Waals surface area contributed by atoms with Gasteiger partial charge in [0.25, 0.3) is 0 Å². The summed E-state index contributed by atoms with van der Waals surface area (Å²) in [4.78, 5) is 31.3. The van der Waals surface area contributed by atoms with E-state index in [0.29, 0.717) is 17.0 Å². The highest BCUT2D eigenvalue weighted by atomic mass is 16.6. The number of amides is 1. The number of carbonyl (C=O) groups is 2. The number of rotatable bonds is 5. The summed E-state index contributed by atoms with van der Waals surface area (Å²) in [5, 5.41) is 12.5. The normalized spacial score (nSPS) is 17.2. The van der Waals surface area contributed by atoms with E-state index in [0.717, 1.165) is 5.56 Å². The number of carbonyl (C=O) groups excluding carboxylic acids is 2. The molecule has 0 spiro atoms. The topological polar surface area (TPSA) is 89.0 Å². The Morgan fingerprint density at radius 3 is 2.00 bits per heavy atom. The Hall–Kier alpha value is -2.93. The molecule has 1 N–H and O–H groups in total. The smallest absolute Gasteiger partial charge is 0.410 e. The molecule has 0 unspecified atom stereocenters. The van der Waals surface area contributed by atoms with Crippen LogP contribution in [0.3, 0.4) is 0 Å². The molecule has 1 aliphatic heterocycles. The van der Waals surface area contributed by atoms with Crippen LogP contribution in [-0.4, -0.2) is 51.3 Å². The molecular formula is C29H40N2O5. The molecule has 2 heterocycles. The van der Waals surface area contributed by atoms with Crippen molar-refractivity contribution in [3.8, 4) is 0 Å². The van der Waals surface area contributed by atoms with E-state index < -0.39 is 34.3 Å². The highest BCUT2D eigenvalue weighted by molar-refractivity contribution is 5.89. The van der Waals surface area contributed by atoms with Gasteiger partial charge in [-0.15, -0.1) is 0 Å². The average molecular weight is 497 g/mol. The van der Waals surface area contributed by atoms with Crippen LogP contribution in [0.15, 0.2) is 42.7 Å². The second-order valence-electron chi connectivity index (χ2n) is 12.3. The Kier molecular flexibility index (Phi) is 7.30. The van der Waals surface area contributed by atoms with Gasteiger partial charge in [0.1, 0.15) is 16.8 Å². The molecule has 1 aliphatic rings. The van der Waals surface area contributed by atoms with Gasteiger partial charge in [-0.05, 0) is 64.7 Å². The zero-order valence-electron chi connectivity index (χ0n) is 23.0. The number of esters is 1. The summed E-state index contributed by atoms with van der Waals surface area (Å²) in [7, 11) is 0. The van der Waals surface area contributed by atoms with Crippen molar-refractivity contribution in [2.75, 3.05) is 13.1 Å². The molecule has 0 bridgehead atoms. The molecule has 1 fully saturated rings. The van der Waals surface area contributed by atoms with Gasteiger partial charge in [0.2, 0.25) is 0 Å². The van der Waals surface area contributed by atoms with Crippen LogP contribution in [-0.2, 0) is 15.1 Å². The first-order valence-corrected chi connectivity index (χ1v) is 12.4. The van der Waals surface area contributed by atoms with Gasteiger partial charge in [-0.1, -0.05) is 45.0 Å². The van der Waals surface area contributed by atoms with E-state index in [2.05, 4.69) is 18.8 Å². The van der Waals surface area contributed by atoms with Crippen molar-refractivity contribution < 1.29 is 24.2 Å². The van der Waals surface area contributed by atoms with Gasteiger partial charge in [-0.3, -0.25) is 4.98 Å². The van der Waals surface area contributed by atoms with Crippen molar-refractivity contribution in [2.45, 2.75) is 85.0 Å². The first-order chi connectivity index (χ1) is 16.4. The molecule has 1 aromatic carbocycles. The first-order valence-electron chi connectivity index (χ1n) is 12.4. The van der Waals surface area contributed by atoms with Gasteiger partial charge in [0, 0.05) is 36.5 Å². The molecule has 7 heteroatoms. The maximum Gasteiger partial charge on any atom is 0.410 e. The minimum atomic E-state index is -1.52. The van der Waals surface area contributed by atoms with E-state index in [1.165, 1.54) is 6.20 Å². The predicted octanol–water partition coefficient (Wildman–Crippen LogP) is 5.65. The Labute approximate surface area is 214 Å². The molecule has 196 valence electrons. The lowest BCUT2D eigenvalue weighted by Crippen LogP contribution is -2.66. The quantitative estimate of drug-likeness (QED) is 0.538. The summed E-state index contributed by atoms with van der Waals surface area (Å²) in [5.74, 6) is -0.172. The molecule has 0 aliphatic carbocycles. The van der Waals surface area contributed by atoms with Crippen LogP contribution in [0.5, 0.6) is 0 Å². The molecule has 36 heavy (non-hydrogen) atoms. The third-order valence-electron chi connectivity index (χ3n) is 6.39. The second-order valence-corrected chi connectivity index (χ2v) is 12.3. The fourth-order valence-corrected chi connectivity index (χ4v) is 4.54. The lowest BCUT2D eigenvalue weighted by atomic mass is 9.62. The highest BCUT2D eigenvalue weighted by Gasteiger charge is 2.58. The first kappa shape index (κ1) is 27.7. The van der Waals surface area contributed by atoms with Crippen molar-refractivity contribution in [1.82, 2.24) is 9.88 Å². The van der Waals surface area contributed by atoms with E-state index >= 15 is 0 Å². The maximum atomic E-state index is 12.8. The van der Waals surface area contributed by atoms with Crippen molar-refractivity contribution in [1.29, 1.82) is 0 Å². The van der Waals surface area contributed by atoms with Gasteiger partial charge in [-0.2, -0.15) is 0 Å². The molecule has 1 amide bonds. The molecule has 1 aromatic heterocycles. The predicted molar refractivity (Wildman–Crippen MR) is 139 cm³/mol. The van der Waals surface area contributed by atoms with Crippen LogP contribution in [0.1, 0.15) is 95.3 Å². The standard InChI is InChI=1S/C29H40N2O5/c1-19(2)20-10-12-22(13-11-20)29(34,28(9)17-31(18-28)25(33)36-27(6,7)8)23-14-21(15-30-16-23)24(32)35-26(3,4)5/h10-16,19,34H,17-18H2,1-9H3/t29-/m0/s1. The Morgan fingerprint density at radius 1 is 0.944 bits per heavy atom. The highest BCUT2D eigenvalue weighted by Crippen LogP contribution is 2.51. The zero-order chi connectivity index (χ0) is 27.1. The van der Waals surface area contributed by atoms with Gasteiger partial charge in [-0.25, -0.2) is 9.59 Å². The lowest BCUT2D eigenvalue weighted by Gasteiger charge is -2.56. The molecule has 7 nitrogen and oxygen atoms in total. The summed E-state index contributed by atoms with van der Waals surface area (Å²) >= 11 is 0. The van der Waals surface area contributed by atoms with Crippen molar-refractivity contribution in [2.24, 2.45) is 5.41 Å². The van der Waals surface area contributed by atoms with Crippen molar-refractivity contribution in [3.05, 3.63) is 65.0 Å². The van der Waals surface area contributed by atoms with Crippen LogP contribution in [0.2, 0.25) is 0 Å². The van der Waals surface area contributed by atoms with Gasteiger partial charge < -0.3 is 19.5 Å². The van der Waals surface area contributed by atoms with Crippen LogP contribution >= 0.6 is 0 Å². The molecule has 1 atom stereocenters. The average Bonchev–Trinajstić information content (AvgIpc) is 2.74. The number of benzene rings is 1. The summed E-state index contributed by atoms with van der Waals surface area (Å²) in [6, 6.07) is 9.47. The SMILES string of the molecule is CC(C)c1ccc([C@](O)(c2cncc(C(=O)OC(C)(C)C)c2)C2(C)CN(C(=O)OC(C)(C)C)C2)cc1. The third-order valence-corrected chi connectivity index (χ3v) is 6.39. The van der Waals surface area contributed by atoms with Gasteiger partial charge in [0.05, 0.1) is 5.56 Å². The minimum Gasteiger partial charge on any atom is -0.456 e. The van der Waals surface area contributed by atoms with E-state index in [1.807, 2.05) is 52.0 Å². The second kappa shape index (κ2) is 9.51. The Balaban J connectivity index is 2.04. The van der Waals surface area contributed by atoms with E-state index in [4.69, 9.17) is 9.47 Å². The molecule has 1 saturated heterocycles. The number of hydrogen-bond acceptors (Lipinski definition) is 6. The van der Waals surface area contributed by atoms with Gasteiger partial charge in [0.15, 0.2) is 0 Å². The van der Waals surface area contributed by atoms with Crippen molar-refractivity contribution >= 4 is 12.1 Å².